The number of benzene rings is 2. The summed E-state index contributed by atoms with van der Waals surface area (Å²) in [6, 6.07) is 17.5. The molecule has 3 rings (SSSR count). The lowest BCUT2D eigenvalue weighted by Crippen LogP contribution is -2.47. The quantitative estimate of drug-likeness (QED) is 0.738. The topological polar surface area (TPSA) is 61.9 Å². The summed E-state index contributed by atoms with van der Waals surface area (Å²) in [6.45, 7) is 7.15. The zero-order chi connectivity index (χ0) is 21.3. The van der Waals surface area contributed by atoms with Crippen molar-refractivity contribution in [1.29, 1.82) is 0 Å². The second-order valence-corrected chi connectivity index (χ2v) is 7.50. The Morgan fingerprint density at radius 3 is 2.23 bits per heavy atom. The molecule has 30 heavy (non-hydrogen) atoms. The van der Waals surface area contributed by atoms with E-state index < -0.39 is 0 Å². The van der Waals surface area contributed by atoms with E-state index in [1.807, 2.05) is 78.2 Å². The van der Waals surface area contributed by atoms with Crippen molar-refractivity contribution in [3.8, 4) is 5.75 Å². The lowest BCUT2D eigenvalue weighted by Gasteiger charge is -2.34. The van der Waals surface area contributed by atoms with Gasteiger partial charge in [-0.25, -0.2) is 4.79 Å². The van der Waals surface area contributed by atoms with Crippen LogP contribution >= 0.6 is 0 Å². The number of hydrogen-bond acceptors (Lipinski definition) is 3. The Labute approximate surface area is 178 Å². The van der Waals surface area contributed by atoms with Gasteiger partial charge in [-0.1, -0.05) is 30.3 Å². The number of likely N-dealkylation sites (tertiary alicyclic amines) is 1. The number of carbonyl (C=O) groups excluding carboxylic acids is 2. The number of piperidine rings is 1. The Bertz CT molecular complexity index is 811. The highest BCUT2D eigenvalue weighted by Crippen LogP contribution is 2.22. The van der Waals surface area contributed by atoms with Crippen LogP contribution in [0, 0.1) is 5.92 Å². The van der Waals surface area contributed by atoms with Gasteiger partial charge in [0.05, 0.1) is 0 Å². The van der Waals surface area contributed by atoms with E-state index in [1.54, 1.807) is 0 Å². The molecule has 1 aliphatic rings. The number of carbonyl (C=O) groups is 2. The van der Waals surface area contributed by atoms with Crippen LogP contribution in [0.25, 0.3) is 0 Å². The van der Waals surface area contributed by atoms with Crippen molar-refractivity contribution in [2.45, 2.75) is 33.3 Å². The fraction of sp³-hybridized carbons (Fsp3) is 0.417. The Morgan fingerprint density at radius 1 is 1.00 bits per heavy atom. The third-order valence-corrected chi connectivity index (χ3v) is 5.54. The highest BCUT2D eigenvalue weighted by molar-refractivity contribution is 5.92. The molecule has 0 saturated carbocycles. The largest absolute Gasteiger partial charge is 0.489 e. The number of hydrogen-bond donors (Lipinski definition) is 1. The van der Waals surface area contributed by atoms with Crippen LogP contribution in [0.2, 0.25) is 0 Å². The van der Waals surface area contributed by atoms with E-state index in [4.69, 9.17) is 4.74 Å². The summed E-state index contributed by atoms with van der Waals surface area (Å²) in [5, 5.41) is 2.99. The fourth-order valence-electron chi connectivity index (χ4n) is 3.65. The molecule has 6 heteroatoms. The van der Waals surface area contributed by atoms with Gasteiger partial charge in [0.15, 0.2) is 0 Å². The molecule has 6 nitrogen and oxygen atoms in total. The van der Waals surface area contributed by atoms with Crippen LogP contribution in [0.3, 0.4) is 0 Å². The summed E-state index contributed by atoms with van der Waals surface area (Å²) in [4.78, 5) is 28.8. The first-order valence-corrected chi connectivity index (χ1v) is 10.7. The van der Waals surface area contributed by atoms with E-state index in [-0.39, 0.29) is 17.9 Å². The Kier molecular flexibility index (Phi) is 7.71. The summed E-state index contributed by atoms with van der Waals surface area (Å²) in [5.41, 5.74) is 1.87. The minimum Gasteiger partial charge on any atom is -0.489 e. The van der Waals surface area contributed by atoms with Crippen LogP contribution in [-0.4, -0.2) is 47.9 Å². The molecule has 1 aliphatic heterocycles. The number of nitrogens with one attached hydrogen (secondary N) is 1. The van der Waals surface area contributed by atoms with E-state index in [0.717, 1.165) is 17.0 Å². The minimum absolute atomic E-state index is 0.0166. The first-order valence-electron chi connectivity index (χ1n) is 10.7. The average Bonchev–Trinajstić information content (AvgIpc) is 2.80. The molecule has 1 fully saturated rings. The van der Waals surface area contributed by atoms with Crippen molar-refractivity contribution in [3.05, 3.63) is 60.2 Å². The van der Waals surface area contributed by atoms with Crippen molar-refractivity contribution in [3.63, 3.8) is 0 Å². The van der Waals surface area contributed by atoms with Gasteiger partial charge in [-0.15, -0.1) is 0 Å². The van der Waals surface area contributed by atoms with Gasteiger partial charge in [-0.3, -0.25) is 4.79 Å². The summed E-state index contributed by atoms with van der Waals surface area (Å²) in [5.74, 6) is 0.711. The molecule has 0 aromatic heterocycles. The van der Waals surface area contributed by atoms with Gasteiger partial charge in [0, 0.05) is 37.8 Å². The van der Waals surface area contributed by atoms with Crippen molar-refractivity contribution in [2.24, 2.45) is 5.92 Å². The molecule has 0 unspecified atom stereocenters. The Hall–Kier alpha value is -3.02. The Balaban J connectivity index is 1.45. The molecular weight excluding hydrogens is 378 g/mol. The van der Waals surface area contributed by atoms with Crippen molar-refractivity contribution < 1.29 is 14.3 Å². The molecule has 0 radical (unpaired) electrons. The van der Waals surface area contributed by atoms with Crippen LogP contribution in [0.15, 0.2) is 54.6 Å². The van der Waals surface area contributed by atoms with E-state index in [0.29, 0.717) is 45.6 Å². The average molecular weight is 410 g/mol. The smallest absolute Gasteiger partial charge is 0.319 e. The van der Waals surface area contributed by atoms with Crippen LogP contribution in [0.5, 0.6) is 5.75 Å². The summed E-state index contributed by atoms with van der Waals surface area (Å²) in [6.07, 6.45) is 1.38. The lowest BCUT2D eigenvalue weighted by molar-refractivity contribution is -0.121. The van der Waals surface area contributed by atoms with Crippen LogP contribution < -0.4 is 10.1 Å². The molecule has 1 N–H and O–H groups in total. The zero-order valence-electron chi connectivity index (χ0n) is 17.8. The maximum absolute atomic E-state index is 12.6. The second-order valence-electron chi connectivity index (χ2n) is 7.50. The van der Waals surface area contributed by atoms with Crippen LogP contribution in [-0.2, 0) is 11.4 Å². The number of urea groups is 1. The van der Waals surface area contributed by atoms with Gasteiger partial charge in [-0.05, 0) is 56.5 Å². The predicted molar refractivity (Wildman–Crippen MR) is 118 cm³/mol. The van der Waals surface area contributed by atoms with Gasteiger partial charge in [0.25, 0.3) is 0 Å². The number of nitrogens with zero attached hydrogens (tertiary/aromatic N) is 2. The molecule has 2 aromatic carbocycles. The minimum atomic E-state index is -0.0697. The molecule has 3 amide bonds. The Morgan fingerprint density at radius 2 is 1.63 bits per heavy atom. The van der Waals surface area contributed by atoms with E-state index in [2.05, 4.69) is 5.32 Å². The van der Waals surface area contributed by atoms with E-state index in [1.165, 1.54) is 0 Å². The highest BCUT2D eigenvalue weighted by Gasteiger charge is 2.28. The molecule has 0 atom stereocenters. The fourth-order valence-corrected chi connectivity index (χ4v) is 3.65. The molecule has 160 valence electrons. The summed E-state index contributed by atoms with van der Waals surface area (Å²) in [7, 11) is 0. The molecular formula is C24H31N3O3. The van der Waals surface area contributed by atoms with E-state index in [9.17, 15) is 9.59 Å². The van der Waals surface area contributed by atoms with Gasteiger partial charge in [0.1, 0.15) is 12.4 Å². The molecule has 0 aliphatic carbocycles. The number of anilines is 1. The molecule has 0 spiro atoms. The van der Waals surface area contributed by atoms with Crippen LogP contribution in [0.1, 0.15) is 32.3 Å². The molecule has 1 saturated heterocycles. The lowest BCUT2D eigenvalue weighted by atomic mass is 9.96. The zero-order valence-corrected chi connectivity index (χ0v) is 17.8. The van der Waals surface area contributed by atoms with Crippen molar-refractivity contribution in [2.75, 3.05) is 31.5 Å². The standard InChI is InChI=1S/C24H31N3O3/c1-3-26(4-2)24(29)27-16-14-20(15-17-27)23(28)25-21-10-12-22(13-11-21)30-18-19-8-6-5-7-9-19/h5-13,20H,3-4,14-18H2,1-2H3,(H,25,28). The number of rotatable bonds is 7. The summed E-state index contributed by atoms with van der Waals surface area (Å²) < 4.78 is 5.79. The van der Waals surface area contributed by atoms with Gasteiger partial charge < -0.3 is 19.9 Å². The first kappa shape index (κ1) is 21.7. The van der Waals surface area contributed by atoms with Crippen LogP contribution in [0.4, 0.5) is 10.5 Å². The van der Waals surface area contributed by atoms with Gasteiger partial charge in [0.2, 0.25) is 5.91 Å². The predicted octanol–water partition coefficient (Wildman–Crippen LogP) is 4.38. The monoisotopic (exact) mass is 409 g/mol. The molecule has 2 aromatic rings. The second kappa shape index (κ2) is 10.7. The molecule has 1 heterocycles. The first-order chi connectivity index (χ1) is 14.6. The third kappa shape index (κ3) is 5.75. The molecule has 0 bridgehead atoms. The van der Waals surface area contributed by atoms with E-state index >= 15 is 0 Å². The summed E-state index contributed by atoms with van der Waals surface area (Å²) >= 11 is 0. The highest BCUT2D eigenvalue weighted by atomic mass is 16.5. The van der Waals surface area contributed by atoms with Crippen molar-refractivity contribution in [1.82, 2.24) is 9.80 Å². The number of ether oxygens (including phenoxy) is 1. The third-order valence-electron chi connectivity index (χ3n) is 5.54. The van der Waals surface area contributed by atoms with Gasteiger partial charge >= 0.3 is 6.03 Å². The van der Waals surface area contributed by atoms with Gasteiger partial charge in [-0.2, -0.15) is 0 Å². The SMILES string of the molecule is CCN(CC)C(=O)N1CCC(C(=O)Nc2ccc(OCc3ccccc3)cc2)CC1. The normalized spacial score (nSPS) is 14.3. The maximum Gasteiger partial charge on any atom is 0.319 e. The van der Waals surface area contributed by atoms with Crippen molar-refractivity contribution >= 4 is 17.6 Å². The number of amides is 3. The maximum atomic E-state index is 12.6.